The Morgan fingerprint density at radius 1 is 1.00 bits per heavy atom. The second-order valence-electron chi connectivity index (χ2n) is 11.4. The molecule has 3 aliphatic rings. The van der Waals surface area contributed by atoms with Gasteiger partial charge in [0.15, 0.2) is 5.76 Å². The normalized spacial score (nSPS) is 21.8. The molecular weight excluding hydrogens is 539 g/mol. The van der Waals surface area contributed by atoms with Gasteiger partial charge in [0, 0.05) is 26.1 Å². The predicted molar refractivity (Wildman–Crippen MR) is 145 cm³/mol. The number of nitrogen functional groups attached to an aromatic ring is 1. The van der Waals surface area contributed by atoms with Gasteiger partial charge >= 0.3 is 6.18 Å². The number of nitrogens with zero attached hydrogens (tertiary/aromatic N) is 8. The first-order valence-corrected chi connectivity index (χ1v) is 14.5. The lowest BCUT2D eigenvalue weighted by Crippen LogP contribution is -2.50. The van der Waals surface area contributed by atoms with E-state index in [0.29, 0.717) is 48.2 Å². The summed E-state index contributed by atoms with van der Waals surface area (Å²) in [5, 5.41) is 4.35. The molecule has 1 atom stereocenters. The molecule has 14 heteroatoms. The number of hydrogen-bond donors (Lipinski definition) is 1. The fourth-order valence-electron chi connectivity index (χ4n) is 6.65. The largest absolute Gasteiger partial charge is 0.461 e. The standard InChI is InChI=1S/C27H36F3N9O2/c28-27(29,30)10-3-11-36-13-6-18(7-14-36)19-8-15-37(16-9-19)23(40)20-4-1-12-38(20)25-33-24(31)39-26(34-25)32-22(35-39)21-5-2-17-41-21/h2,5,17-20H,1,3-4,6-16H2,(H2,31,32,33,34,35)/t20-/m0/s1. The van der Waals surface area contributed by atoms with Crippen LogP contribution in [0, 0.1) is 11.8 Å². The molecule has 0 unspecified atom stereocenters. The highest BCUT2D eigenvalue weighted by atomic mass is 19.4. The van der Waals surface area contributed by atoms with Gasteiger partial charge in [0.2, 0.25) is 23.6 Å². The van der Waals surface area contributed by atoms with Gasteiger partial charge in [-0.1, -0.05) is 0 Å². The van der Waals surface area contributed by atoms with E-state index in [-0.39, 0.29) is 24.3 Å². The number of likely N-dealkylation sites (tertiary alicyclic amines) is 2. The zero-order chi connectivity index (χ0) is 28.6. The SMILES string of the molecule is Nc1nc(N2CCC[C@H]2C(=O)N2CCC(C3CCN(CCCC(F)(F)F)CC3)CC2)nc2nc(-c3ccco3)nn12. The summed E-state index contributed by atoms with van der Waals surface area (Å²) in [5.74, 6) is 2.90. The maximum absolute atomic E-state index is 13.7. The quantitative estimate of drug-likeness (QED) is 0.450. The number of amides is 1. The minimum Gasteiger partial charge on any atom is -0.461 e. The molecule has 0 spiro atoms. The van der Waals surface area contributed by atoms with Crippen LogP contribution in [-0.2, 0) is 4.79 Å². The molecule has 0 saturated carbocycles. The Bertz CT molecular complexity index is 1330. The van der Waals surface area contributed by atoms with Gasteiger partial charge < -0.3 is 24.9 Å². The van der Waals surface area contributed by atoms with Crippen LogP contribution in [0.5, 0.6) is 0 Å². The fourth-order valence-corrected chi connectivity index (χ4v) is 6.65. The first kappa shape index (κ1) is 27.7. The number of rotatable bonds is 7. The van der Waals surface area contributed by atoms with E-state index in [4.69, 9.17) is 10.2 Å². The summed E-state index contributed by atoms with van der Waals surface area (Å²) in [6.07, 6.45) is 2.47. The molecule has 0 aliphatic carbocycles. The van der Waals surface area contributed by atoms with Crippen molar-refractivity contribution in [1.82, 2.24) is 34.4 Å². The number of aromatic nitrogens is 5. The highest BCUT2D eigenvalue weighted by Crippen LogP contribution is 2.34. The number of fused-ring (bicyclic) bond motifs is 1. The monoisotopic (exact) mass is 575 g/mol. The molecule has 41 heavy (non-hydrogen) atoms. The van der Waals surface area contributed by atoms with Crippen LogP contribution in [0.4, 0.5) is 25.1 Å². The van der Waals surface area contributed by atoms with Crippen LogP contribution in [0.15, 0.2) is 22.8 Å². The average molecular weight is 576 g/mol. The van der Waals surface area contributed by atoms with Gasteiger partial charge in [0.25, 0.3) is 5.78 Å². The van der Waals surface area contributed by atoms with E-state index in [2.05, 4.69) is 25.0 Å². The van der Waals surface area contributed by atoms with Gasteiger partial charge in [0.05, 0.1) is 6.26 Å². The summed E-state index contributed by atoms with van der Waals surface area (Å²) < 4.78 is 44.1. The van der Waals surface area contributed by atoms with Crippen LogP contribution in [0.2, 0.25) is 0 Å². The van der Waals surface area contributed by atoms with Gasteiger partial charge in [-0.05, 0) is 88.5 Å². The Morgan fingerprint density at radius 3 is 2.41 bits per heavy atom. The van der Waals surface area contributed by atoms with Crippen LogP contribution in [0.25, 0.3) is 17.4 Å². The predicted octanol–water partition coefficient (Wildman–Crippen LogP) is 3.62. The third kappa shape index (κ3) is 6.11. The number of hydrogen-bond acceptors (Lipinski definition) is 9. The molecule has 0 radical (unpaired) electrons. The smallest absolute Gasteiger partial charge is 0.389 e. The van der Waals surface area contributed by atoms with Crippen LogP contribution >= 0.6 is 0 Å². The Kier molecular flexibility index (Phi) is 7.75. The molecule has 11 nitrogen and oxygen atoms in total. The van der Waals surface area contributed by atoms with E-state index in [1.54, 1.807) is 18.4 Å². The van der Waals surface area contributed by atoms with E-state index in [0.717, 1.165) is 64.7 Å². The summed E-state index contributed by atoms with van der Waals surface area (Å²) in [5.41, 5.74) is 6.20. The molecule has 3 saturated heterocycles. The van der Waals surface area contributed by atoms with Crippen molar-refractivity contribution in [2.75, 3.05) is 49.9 Å². The van der Waals surface area contributed by atoms with E-state index >= 15 is 0 Å². The lowest BCUT2D eigenvalue weighted by atomic mass is 9.78. The number of carbonyl (C=O) groups excluding carboxylic acids is 1. The molecule has 222 valence electrons. The first-order valence-electron chi connectivity index (χ1n) is 14.5. The average Bonchev–Trinajstić information content (AvgIpc) is 3.73. The molecule has 3 aromatic heterocycles. The number of anilines is 2. The third-order valence-corrected chi connectivity index (χ3v) is 8.84. The van der Waals surface area contributed by atoms with Crippen LogP contribution in [0.1, 0.15) is 51.4 Å². The Balaban J connectivity index is 1.03. The first-order chi connectivity index (χ1) is 19.7. The lowest BCUT2D eigenvalue weighted by molar-refractivity contribution is -0.136. The van der Waals surface area contributed by atoms with Crippen molar-refractivity contribution < 1.29 is 22.4 Å². The Morgan fingerprint density at radius 2 is 1.73 bits per heavy atom. The molecule has 6 heterocycles. The minimum absolute atomic E-state index is 0.0974. The van der Waals surface area contributed by atoms with E-state index in [1.807, 2.05) is 9.80 Å². The van der Waals surface area contributed by atoms with Crippen molar-refractivity contribution >= 4 is 23.6 Å². The fraction of sp³-hybridized carbons (Fsp3) is 0.667. The number of furan rings is 1. The molecule has 6 rings (SSSR count). The summed E-state index contributed by atoms with van der Waals surface area (Å²) >= 11 is 0. The number of alkyl halides is 3. The van der Waals surface area contributed by atoms with E-state index in [9.17, 15) is 18.0 Å². The second kappa shape index (κ2) is 11.5. The summed E-state index contributed by atoms with van der Waals surface area (Å²) in [6.45, 7) is 4.34. The van der Waals surface area contributed by atoms with Crippen molar-refractivity contribution in [2.24, 2.45) is 11.8 Å². The van der Waals surface area contributed by atoms with Gasteiger partial charge in [-0.15, -0.1) is 5.10 Å². The maximum Gasteiger partial charge on any atom is 0.389 e. The van der Waals surface area contributed by atoms with Crippen molar-refractivity contribution in [1.29, 1.82) is 0 Å². The molecule has 0 bridgehead atoms. The molecule has 0 aromatic carbocycles. The summed E-state index contributed by atoms with van der Waals surface area (Å²) in [7, 11) is 0. The molecule has 3 fully saturated rings. The lowest BCUT2D eigenvalue weighted by Gasteiger charge is -2.41. The van der Waals surface area contributed by atoms with Crippen molar-refractivity contribution in [3.05, 3.63) is 18.4 Å². The molecule has 3 aliphatic heterocycles. The van der Waals surface area contributed by atoms with Crippen molar-refractivity contribution in [3.63, 3.8) is 0 Å². The zero-order valence-corrected chi connectivity index (χ0v) is 23.0. The van der Waals surface area contributed by atoms with E-state index in [1.165, 1.54) is 4.52 Å². The van der Waals surface area contributed by atoms with Crippen LogP contribution in [0.3, 0.4) is 0 Å². The summed E-state index contributed by atoms with van der Waals surface area (Å²) in [4.78, 5) is 33.2. The number of carbonyl (C=O) groups is 1. The minimum atomic E-state index is -4.07. The van der Waals surface area contributed by atoms with Gasteiger partial charge in [-0.3, -0.25) is 4.79 Å². The van der Waals surface area contributed by atoms with Gasteiger partial charge in [-0.2, -0.15) is 32.6 Å². The molecular formula is C27H36F3N9O2. The van der Waals surface area contributed by atoms with Gasteiger partial charge in [-0.25, -0.2) is 0 Å². The Labute approximate surface area is 235 Å². The third-order valence-electron chi connectivity index (χ3n) is 8.84. The highest BCUT2D eigenvalue weighted by Gasteiger charge is 2.38. The Hall–Kier alpha value is -3.42. The molecule has 3 aromatic rings. The number of halogens is 3. The van der Waals surface area contributed by atoms with Crippen LogP contribution in [-0.4, -0.2) is 91.8 Å². The molecule has 1 amide bonds. The highest BCUT2D eigenvalue weighted by molar-refractivity contribution is 5.85. The van der Waals surface area contributed by atoms with Gasteiger partial charge in [0.1, 0.15) is 6.04 Å². The molecule has 2 N–H and O–H groups in total. The number of piperidine rings is 2. The van der Waals surface area contributed by atoms with Crippen LogP contribution < -0.4 is 10.6 Å². The van der Waals surface area contributed by atoms with Crippen molar-refractivity contribution in [2.45, 2.75) is 63.6 Å². The number of nitrogens with two attached hydrogens (primary N) is 1. The van der Waals surface area contributed by atoms with Crippen molar-refractivity contribution in [3.8, 4) is 11.6 Å². The maximum atomic E-state index is 13.7. The second-order valence-corrected chi connectivity index (χ2v) is 11.4. The van der Waals surface area contributed by atoms with E-state index < -0.39 is 12.6 Å². The zero-order valence-electron chi connectivity index (χ0n) is 23.0. The topological polar surface area (TPSA) is 122 Å². The summed E-state index contributed by atoms with van der Waals surface area (Å²) in [6, 6.07) is 3.16.